The van der Waals surface area contributed by atoms with Crippen LogP contribution in [0.4, 0.5) is 0 Å². The van der Waals surface area contributed by atoms with Gasteiger partial charge in [0.25, 0.3) is 0 Å². The highest BCUT2D eigenvalue weighted by Gasteiger charge is 2.08. The number of aliphatic hydroxyl groups is 1. The number of aliphatic hydroxyl groups excluding tert-OH is 1. The third-order valence-corrected chi connectivity index (χ3v) is 3.09. The molecule has 0 aromatic heterocycles. The number of ether oxygens (including phenoxy) is 1. The molecule has 118 valence electrons. The fourth-order valence-corrected chi connectivity index (χ4v) is 1.98. The molecule has 1 aromatic rings. The highest BCUT2D eigenvalue weighted by Crippen LogP contribution is 2.27. The van der Waals surface area contributed by atoms with Crippen LogP contribution >= 0.6 is 23.2 Å². The average molecular weight is 335 g/mol. The standard InChI is InChI=1S/C14H20Cl2N2O3/c1-2-5-18-14(20)8-17-7-11(19)9-21-13-4-3-10(15)6-12(13)16/h3-4,6,11,17,19H,2,5,7-9H2,1H3,(H,18,20). The van der Waals surface area contributed by atoms with E-state index in [1.807, 2.05) is 6.92 Å². The zero-order valence-corrected chi connectivity index (χ0v) is 13.4. The van der Waals surface area contributed by atoms with Gasteiger partial charge in [0.1, 0.15) is 18.5 Å². The Morgan fingerprint density at radius 2 is 2.19 bits per heavy atom. The van der Waals surface area contributed by atoms with Gasteiger partial charge in [0, 0.05) is 18.1 Å². The summed E-state index contributed by atoms with van der Waals surface area (Å²) < 4.78 is 5.39. The molecule has 1 rings (SSSR count). The Labute approximate surface area is 134 Å². The Balaban J connectivity index is 2.22. The van der Waals surface area contributed by atoms with Crippen molar-refractivity contribution in [2.24, 2.45) is 0 Å². The monoisotopic (exact) mass is 334 g/mol. The van der Waals surface area contributed by atoms with Crippen LogP contribution in [0.2, 0.25) is 10.0 Å². The third kappa shape index (κ3) is 7.52. The Bertz CT molecular complexity index is 458. The van der Waals surface area contributed by atoms with Gasteiger partial charge < -0.3 is 20.5 Å². The van der Waals surface area contributed by atoms with Crippen LogP contribution in [0.1, 0.15) is 13.3 Å². The SMILES string of the molecule is CCCNC(=O)CNCC(O)COc1ccc(Cl)cc1Cl. The summed E-state index contributed by atoms with van der Waals surface area (Å²) in [6.45, 7) is 3.13. The minimum Gasteiger partial charge on any atom is -0.489 e. The van der Waals surface area contributed by atoms with Crippen LogP contribution in [0.25, 0.3) is 0 Å². The van der Waals surface area contributed by atoms with Crippen LogP contribution < -0.4 is 15.4 Å². The molecule has 0 spiro atoms. The molecule has 1 unspecified atom stereocenters. The third-order valence-electron chi connectivity index (χ3n) is 2.56. The van der Waals surface area contributed by atoms with Gasteiger partial charge in [-0.2, -0.15) is 0 Å². The smallest absolute Gasteiger partial charge is 0.233 e. The van der Waals surface area contributed by atoms with Gasteiger partial charge in [-0.25, -0.2) is 0 Å². The first-order valence-corrected chi connectivity index (χ1v) is 7.51. The van der Waals surface area contributed by atoms with Crippen molar-refractivity contribution in [1.82, 2.24) is 10.6 Å². The van der Waals surface area contributed by atoms with Gasteiger partial charge in [-0.15, -0.1) is 0 Å². The molecule has 0 bridgehead atoms. The zero-order chi connectivity index (χ0) is 15.7. The molecule has 0 heterocycles. The molecule has 21 heavy (non-hydrogen) atoms. The number of benzene rings is 1. The van der Waals surface area contributed by atoms with Gasteiger partial charge in [0.15, 0.2) is 0 Å². The highest BCUT2D eigenvalue weighted by atomic mass is 35.5. The molecule has 0 aliphatic heterocycles. The van der Waals surface area contributed by atoms with E-state index in [4.69, 9.17) is 27.9 Å². The number of hydrogen-bond acceptors (Lipinski definition) is 4. The van der Waals surface area contributed by atoms with E-state index in [2.05, 4.69) is 10.6 Å². The topological polar surface area (TPSA) is 70.6 Å². The van der Waals surface area contributed by atoms with Crippen LogP contribution in [0, 0.1) is 0 Å². The molecule has 1 atom stereocenters. The van der Waals surface area contributed by atoms with Crippen molar-refractivity contribution in [2.75, 3.05) is 26.2 Å². The minimum atomic E-state index is -0.740. The molecule has 0 aliphatic carbocycles. The van der Waals surface area contributed by atoms with Crippen LogP contribution in [-0.2, 0) is 4.79 Å². The molecule has 0 fully saturated rings. The second-order valence-corrected chi connectivity index (χ2v) is 5.36. The van der Waals surface area contributed by atoms with Crippen molar-refractivity contribution in [1.29, 1.82) is 0 Å². The molecular weight excluding hydrogens is 315 g/mol. The van der Waals surface area contributed by atoms with Crippen molar-refractivity contribution in [2.45, 2.75) is 19.4 Å². The van der Waals surface area contributed by atoms with Gasteiger partial charge in [-0.3, -0.25) is 4.79 Å². The maximum atomic E-state index is 11.3. The summed E-state index contributed by atoms with van der Waals surface area (Å²) in [5, 5.41) is 16.3. The van der Waals surface area contributed by atoms with E-state index in [0.717, 1.165) is 6.42 Å². The van der Waals surface area contributed by atoms with Gasteiger partial charge in [0.05, 0.1) is 11.6 Å². The second kappa shape index (κ2) is 9.84. The number of rotatable bonds is 9. The zero-order valence-electron chi connectivity index (χ0n) is 11.9. The van der Waals surface area contributed by atoms with Crippen molar-refractivity contribution in [3.8, 4) is 5.75 Å². The first-order chi connectivity index (χ1) is 10.0. The minimum absolute atomic E-state index is 0.0743. The average Bonchev–Trinajstić information content (AvgIpc) is 2.44. The molecule has 3 N–H and O–H groups in total. The van der Waals surface area contributed by atoms with Crippen LogP contribution in [0.15, 0.2) is 18.2 Å². The first-order valence-electron chi connectivity index (χ1n) is 6.76. The Hall–Kier alpha value is -1.01. The molecule has 0 aliphatic rings. The van der Waals surface area contributed by atoms with Gasteiger partial charge in [-0.05, 0) is 24.6 Å². The molecule has 0 saturated heterocycles. The molecule has 0 radical (unpaired) electrons. The molecular formula is C14H20Cl2N2O3. The lowest BCUT2D eigenvalue weighted by atomic mass is 10.3. The quantitative estimate of drug-likeness (QED) is 0.644. The Kier molecular flexibility index (Phi) is 8.45. The van der Waals surface area contributed by atoms with Crippen molar-refractivity contribution in [3.63, 3.8) is 0 Å². The van der Waals surface area contributed by atoms with Crippen molar-refractivity contribution < 1.29 is 14.6 Å². The Morgan fingerprint density at radius 3 is 2.86 bits per heavy atom. The van der Waals surface area contributed by atoms with Gasteiger partial charge in [-0.1, -0.05) is 30.1 Å². The lowest BCUT2D eigenvalue weighted by Crippen LogP contribution is -2.39. The van der Waals surface area contributed by atoms with E-state index in [-0.39, 0.29) is 25.6 Å². The number of nitrogens with one attached hydrogen (secondary N) is 2. The normalized spacial score (nSPS) is 12.0. The van der Waals surface area contributed by atoms with Crippen LogP contribution in [0.5, 0.6) is 5.75 Å². The summed E-state index contributed by atoms with van der Waals surface area (Å²) in [4.78, 5) is 11.3. The lowest BCUT2D eigenvalue weighted by molar-refractivity contribution is -0.120. The van der Waals surface area contributed by atoms with E-state index in [1.54, 1.807) is 18.2 Å². The summed E-state index contributed by atoms with van der Waals surface area (Å²) in [6.07, 6.45) is 0.153. The summed E-state index contributed by atoms with van der Waals surface area (Å²) in [5.74, 6) is 0.367. The summed E-state index contributed by atoms with van der Waals surface area (Å²) in [6, 6.07) is 4.87. The highest BCUT2D eigenvalue weighted by molar-refractivity contribution is 6.35. The fraction of sp³-hybridized carbons (Fsp3) is 0.500. The number of amides is 1. The summed E-state index contributed by atoms with van der Waals surface area (Å²) in [7, 11) is 0. The molecule has 1 aromatic carbocycles. The molecule has 1 amide bonds. The maximum absolute atomic E-state index is 11.3. The van der Waals surface area contributed by atoms with E-state index in [0.29, 0.717) is 22.3 Å². The first kappa shape index (κ1) is 18.0. The summed E-state index contributed by atoms with van der Waals surface area (Å²) in [5.41, 5.74) is 0. The lowest BCUT2D eigenvalue weighted by Gasteiger charge is -2.14. The van der Waals surface area contributed by atoms with E-state index in [1.165, 1.54) is 0 Å². The molecule has 0 saturated carbocycles. The second-order valence-electron chi connectivity index (χ2n) is 4.52. The van der Waals surface area contributed by atoms with E-state index < -0.39 is 6.10 Å². The predicted octanol–water partition coefficient (Wildman–Crippen LogP) is 1.85. The van der Waals surface area contributed by atoms with Gasteiger partial charge >= 0.3 is 0 Å². The predicted molar refractivity (Wildman–Crippen MR) is 84.1 cm³/mol. The number of halogens is 2. The number of carbonyl (C=O) groups excluding carboxylic acids is 1. The maximum Gasteiger partial charge on any atom is 0.233 e. The Morgan fingerprint density at radius 1 is 1.43 bits per heavy atom. The van der Waals surface area contributed by atoms with Crippen molar-refractivity contribution >= 4 is 29.1 Å². The number of hydrogen-bond donors (Lipinski definition) is 3. The molecule has 5 nitrogen and oxygen atoms in total. The van der Waals surface area contributed by atoms with Crippen molar-refractivity contribution in [3.05, 3.63) is 28.2 Å². The van der Waals surface area contributed by atoms with Crippen LogP contribution in [0.3, 0.4) is 0 Å². The van der Waals surface area contributed by atoms with E-state index in [9.17, 15) is 9.90 Å². The number of carbonyl (C=O) groups is 1. The largest absolute Gasteiger partial charge is 0.489 e. The fourth-order valence-electron chi connectivity index (χ4n) is 1.52. The summed E-state index contributed by atoms with van der Waals surface area (Å²) >= 11 is 11.7. The molecule has 7 heteroatoms. The van der Waals surface area contributed by atoms with E-state index >= 15 is 0 Å². The van der Waals surface area contributed by atoms with Crippen LogP contribution in [-0.4, -0.2) is 43.4 Å². The van der Waals surface area contributed by atoms with Gasteiger partial charge in [0.2, 0.25) is 5.91 Å².